The Morgan fingerprint density at radius 2 is 1.74 bits per heavy atom. The Balaban J connectivity index is 1.17. The van der Waals surface area contributed by atoms with E-state index in [4.69, 9.17) is 16.5 Å². The monoisotopic (exact) mass is 467 g/mol. The van der Waals surface area contributed by atoms with E-state index in [0.29, 0.717) is 17.0 Å². The number of nitrogen functional groups attached to an aromatic ring is 1. The summed E-state index contributed by atoms with van der Waals surface area (Å²) in [5, 5.41) is 8.20. The molecule has 0 radical (unpaired) electrons. The van der Waals surface area contributed by atoms with Crippen molar-refractivity contribution in [2.75, 3.05) is 23.7 Å². The van der Waals surface area contributed by atoms with Crippen molar-refractivity contribution in [2.24, 2.45) is 11.1 Å². The van der Waals surface area contributed by atoms with Crippen LogP contribution in [-0.2, 0) is 11.8 Å². The quantitative estimate of drug-likeness (QED) is 0.343. The molecule has 2 fully saturated rings. The normalized spacial score (nSPS) is 22.0. The summed E-state index contributed by atoms with van der Waals surface area (Å²) >= 11 is 0. The number of hydrogen-bond acceptors (Lipinski definition) is 6. The van der Waals surface area contributed by atoms with Gasteiger partial charge in [0, 0.05) is 30.2 Å². The Morgan fingerprint density at radius 3 is 2.46 bits per heavy atom. The van der Waals surface area contributed by atoms with Crippen molar-refractivity contribution in [3.63, 3.8) is 0 Å². The third-order valence-electron chi connectivity index (χ3n) is 8.74. The van der Waals surface area contributed by atoms with Gasteiger partial charge in [0.2, 0.25) is 5.95 Å². The standard InChI is InChI=1S/C27H29N7O/c28-18-7-5-17(6-8-18)27(9-10-27)22-20-23(33-32-22)30-25(31-24(20)35)34-13-11-26(12-14-34)15-16-3-1-2-4-19(16)21(26)29/h1-8,21H,9-15,28-29H2,(H2,30,31,32,33,35)/t21-/m1/s1. The lowest BCUT2D eigenvalue weighted by atomic mass is 9.73. The maximum atomic E-state index is 13.3. The molecule has 178 valence electrons. The van der Waals surface area contributed by atoms with Crippen molar-refractivity contribution in [3.8, 4) is 0 Å². The van der Waals surface area contributed by atoms with E-state index < -0.39 is 0 Å². The van der Waals surface area contributed by atoms with E-state index in [2.05, 4.69) is 44.3 Å². The molecule has 1 saturated heterocycles. The average Bonchev–Trinajstić information content (AvgIpc) is 3.48. The molecule has 7 rings (SSSR count). The number of fused-ring (bicyclic) bond motifs is 2. The van der Waals surface area contributed by atoms with E-state index in [0.717, 1.165) is 62.1 Å². The summed E-state index contributed by atoms with van der Waals surface area (Å²) in [4.78, 5) is 23.4. The van der Waals surface area contributed by atoms with Crippen LogP contribution in [0.2, 0.25) is 0 Å². The molecule has 0 amide bonds. The van der Waals surface area contributed by atoms with Crippen LogP contribution < -0.4 is 21.9 Å². The number of aromatic amines is 2. The Morgan fingerprint density at radius 1 is 1.00 bits per heavy atom. The number of nitrogens with zero attached hydrogens (tertiary/aromatic N) is 3. The molecule has 8 nitrogen and oxygen atoms in total. The van der Waals surface area contributed by atoms with Gasteiger partial charge >= 0.3 is 0 Å². The number of rotatable bonds is 3. The highest BCUT2D eigenvalue weighted by molar-refractivity contribution is 5.80. The van der Waals surface area contributed by atoms with Crippen LogP contribution in [0.5, 0.6) is 0 Å². The molecule has 4 aromatic rings. The molecule has 0 bridgehead atoms. The average molecular weight is 468 g/mol. The van der Waals surface area contributed by atoms with Crippen molar-refractivity contribution in [1.29, 1.82) is 0 Å². The first-order valence-electron chi connectivity index (χ1n) is 12.4. The van der Waals surface area contributed by atoms with Gasteiger partial charge in [-0.1, -0.05) is 36.4 Å². The lowest BCUT2D eigenvalue weighted by molar-refractivity contribution is 0.187. The topological polar surface area (TPSA) is 130 Å². The van der Waals surface area contributed by atoms with Crippen molar-refractivity contribution in [2.45, 2.75) is 43.6 Å². The summed E-state index contributed by atoms with van der Waals surface area (Å²) in [5.41, 5.74) is 18.2. The SMILES string of the molecule is Nc1ccc(C2(c3n[nH]c4nc(N5CCC6(CC5)Cc5ccccc5[C@H]6N)[nH]c(=O)c34)CC2)cc1. The molecule has 2 aliphatic carbocycles. The smallest absolute Gasteiger partial charge is 0.263 e. The zero-order valence-electron chi connectivity index (χ0n) is 19.6. The van der Waals surface area contributed by atoms with Gasteiger partial charge in [0.05, 0.1) is 5.69 Å². The Labute approximate surface area is 202 Å². The lowest BCUT2D eigenvalue weighted by Gasteiger charge is -2.42. The van der Waals surface area contributed by atoms with E-state index in [1.54, 1.807) is 0 Å². The van der Waals surface area contributed by atoms with Gasteiger partial charge in [-0.05, 0) is 66.3 Å². The van der Waals surface area contributed by atoms with E-state index >= 15 is 0 Å². The molecule has 3 heterocycles. The third-order valence-corrected chi connectivity index (χ3v) is 8.74. The van der Waals surface area contributed by atoms with E-state index in [-0.39, 0.29) is 22.4 Å². The summed E-state index contributed by atoms with van der Waals surface area (Å²) in [6.07, 6.45) is 4.88. The van der Waals surface area contributed by atoms with Gasteiger partial charge in [0.1, 0.15) is 5.39 Å². The fourth-order valence-corrected chi connectivity index (χ4v) is 6.48. The van der Waals surface area contributed by atoms with Crippen LogP contribution in [0, 0.1) is 5.41 Å². The van der Waals surface area contributed by atoms with E-state index in [1.807, 2.05) is 24.3 Å². The largest absolute Gasteiger partial charge is 0.399 e. The maximum Gasteiger partial charge on any atom is 0.263 e. The molecule has 2 aromatic heterocycles. The van der Waals surface area contributed by atoms with Gasteiger partial charge in [-0.2, -0.15) is 10.1 Å². The Bertz CT molecular complexity index is 1490. The molecular formula is C27H29N7O. The first-order valence-corrected chi connectivity index (χ1v) is 12.4. The zero-order valence-corrected chi connectivity index (χ0v) is 19.6. The highest BCUT2D eigenvalue weighted by Crippen LogP contribution is 2.54. The molecule has 1 spiro atoms. The lowest BCUT2D eigenvalue weighted by Crippen LogP contribution is -2.45. The van der Waals surface area contributed by atoms with E-state index in [1.165, 1.54) is 11.1 Å². The Hall–Kier alpha value is -3.65. The van der Waals surface area contributed by atoms with Crippen LogP contribution in [0.1, 0.15) is 54.1 Å². The second-order valence-electron chi connectivity index (χ2n) is 10.6. The predicted octanol–water partition coefficient (Wildman–Crippen LogP) is 3.15. The van der Waals surface area contributed by atoms with Crippen molar-refractivity contribution < 1.29 is 0 Å². The molecule has 1 saturated carbocycles. The molecule has 3 aliphatic rings. The number of benzene rings is 2. The van der Waals surface area contributed by atoms with Crippen LogP contribution in [-0.4, -0.2) is 33.3 Å². The van der Waals surface area contributed by atoms with Gasteiger partial charge in [-0.15, -0.1) is 0 Å². The summed E-state index contributed by atoms with van der Waals surface area (Å²) in [6.45, 7) is 1.62. The van der Waals surface area contributed by atoms with Gasteiger partial charge in [-0.25, -0.2) is 0 Å². The van der Waals surface area contributed by atoms with Crippen molar-refractivity contribution >= 4 is 22.7 Å². The summed E-state index contributed by atoms with van der Waals surface area (Å²) in [5.74, 6) is 0.606. The van der Waals surface area contributed by atoms with Crippen LogP contribution in [0.15, 0.2) is 53.3 Å². The fourth-order valence-electron chi connectivity index (χ4n) is 6.48. The summed E-state index contributed by atoms with van der Waals surface area (Å²) in [7, 11) is 0. The first kappa shape index (κ1) is 20.7. The number of aromatic nitrogens is 4. The van der Waals surface area contributed by atoms with E-state index in [9.17, 15) is 4.79 Å². The van der Waals surface area contributed by atoms with Gasteiger partial charge in [-0.3, -0.25) is 14.9 Å². The molecule has 1 aliphatic heterocycles. The van der Waals surface area contributed by atoms with Gasteiger partial charge < -0.3 is 16.4 Å². The van der Waals surface area contributed by atoms with Crippen LogP contribution in [0.3, 0.4) is 0 Å². The zero-order chi connectivity index (χ0) is 23.8. The third kappa shape index (κ3) is 2.99. The first-order chi connectivity index (χ1) is 17.0. The van der Waals surface area contributed by atoms with Crippen molar-refractivity contribution in [3.05, 3.63) is 81.3 Å². The minimum atomic E-state index is -0.243. The van der Waals surface area contributed by atoms with Crippen LogP contribution in [0.4, 0.5) is 11.6 Å². The molecular weight excluding hydrogens is 438 g/mol. The van der Waals surface area contributed by atoms with Gasteiger partial charge in [0.25, 0.3) is 5.56 Å². The second kappa shape index (κ2) is 7.18. The van der Waals surface area contributed by atoms with Gasteiger partial charge in [0.15, 0.2) is 5.65 Å². The Kier molecular flexibility index (Phi) is 4.25. The number of nitrogens with one attached hydrogen (secondary N) is 2. The summed E-state index contributed by atoms with van der Waals surface area (Å²) < 4.78 is 0. The minimum Gasteiger partial charge on any atom is -0.399 e. The fraction of sp³-hybridized carbons (Fsp3) is 0.370. The molecule has 0 unspecified atom stereocenters. The van der Waals surface area contributed by atoms with Crippen LogP contribution >= 0.6 is 0 Å². The number of hydrogen-bond donors (Lipinski definition) is 4. The number of piperidine rings is 1. The highest BCUT2D eigenvalue weighted by Gasteiger charge is 2.50. The number of anilines is 2. The van der Waals surface area contributed by atoms with Crippen molar-refractivity contribution in [1.82, 2.24) is 20.2 Å². The minimum absolute atomic E-state index is 0.0635. The molecule has 2 aromatic carbocycles. The second-order valence-corrected chi connectivity index (χ2v) is 10.6. The molecule has 35 heavy (non-hydrogen) atoms. The highest BCUT2D eigenvalue weighted by atomic mass is 16.1. The predicted molar refractivity (Wildman–Crippen MR) is 136 cm³/mol. The number of nitrogens with two attached hydrogens (primary N) is 2. The maximum absolute atomic E-state index is 13.3. The summed E-state index contributed by atoms with van der Waals surface area (Å²) in [6, 6.07) is 16.5. The molecule has 6 N–H and O–H groups in total. The number of H-pyrrole nitrogens is 2. The molecule has 1 atom stereocenters. The van der Waals surface area contributed by atoms with Crippen LogP contribution in [0.25, 0.3) is 11.0 Å². The molecule has 8 heteroatoms.